The van der Waals surface area contributed by atoms with E-state index in [1.165, 1.54) is 18.7 Å². The molecule has 0 saturated heterocycles. The van der Waals surface area contributed by atoms with Crippen LogP contribution in [0.15, 0.2) is 18.5 Å². The van der Waals surface area contributed by atoms with Crippen LogP contribution >= 0.6 is 0 Å². The maximum Gasteiger partial charge on any atom is 0.141 e. The lowest BCUT2D eigenvalue weighted by Crippen LogP contribution is -2.33. The number of rotatable bonds is 3. The van der Waals surface area contributed by atoms with Crippen LogP contribution in [0.5, 0.6) is 0 Å². The molecule has 0 radical (unpaired) electrons. The lowest BCUT2D eigenvalue weighted by Gasteiger charge is -2.22. The fourth-order valence-corrected chi connectivity index (χ4v) is 2.66. The average Bonchev–Trinajstić information content (AvgIpc) is 2.66. The summed E-state index contributed by atoms with van der Waals surface area (Å²) in [5.74, 6) is 6.51. The Morgan fingerprint density at radius 1 is 1.50 bits per heavy atom. The third kappa shape index (κ3) is 2.39. The van der Waals surface area contributed by atoms with Gasteiger partial charge in [-0.15, -0.1) is 0 Å². The fourth-order valence-electron chi connectivity index (χ4n) is 2.66. The molecule has 2 rings (SSSR count). The van der Waals surface area contributed by atoms with Gasteiger partial charge < -0.3 is 0 Å². The van der Waals surface area contributed by atoms with Gasteiger partial charge >= 0.3 is 0 Å². The summed E-state index contributed by atoms with van der Waals surface area (Å²) >= 11 is 0. The van der Waals surface area contributed by atoms with E-state index in [9.17, 15) is 4.39 Å². The van der Waals surface area contributed by atoms with Crippen molar-refractivity contribution in [2.75, 3.05) is 0 Å². The highest BCUT2D eigenvalue weighted by molar-refractivity contribution is 5.16. The highest BCUT2D eigenvalue weighted by Gasteiger charge is 2.29. The van der Waals surface area contributed by atoms with Gasteiger partial charge in [-0.25, -0.2) is 4.39 Å². The molecule has 3 atom stereocenters. The number of pyridine rings is 1. The lowest BCUT2D eigenvalue weighted by atomic mass is 9.92. The monoisotopic (exact) mass is 223 g/mol. The Hall–Kier alpha value is -1.00. The van der Waals surface area contributed by atoms with Gasteiger partial charge in [-0.05, 0) is 36.3 Å². The van der Waals surface area contributed by atoms with Gasteiger partial charge in [0.05, 0.1) is 12.2 Å². The molecule has 1 aliphatic carbocycles. The number of halogens is 1. The second-order valence-electron chi connectivity index (χ2n) is 4.76. The van der Waals surface area contributed by atoms with Crippen LogP contribution in [-0.2, 0) is 0 Å². The predicted octanol–water partition coefficient (Wildman–Crippen LogP) is 2.16. The highest BCUT2D eigenvalue weighted by Crippen LogP contribution is 2.38. The molecule has 4 heteroatoms. The summed E-state index contributed by atoms with van der Waals surface area (Å²) in [7, 11) is 0. The fraction of sp³-hybridized carbons (Fsp3) is 0.583. The molecular weight excluding hydrogens is 205 g/mol. The molecule has 1 aromatic rings. The Morgan fingerprint density at radius 3 is 2.88 bits per heavy atom. The summed E-state index contributed by atoms with van der Waals surface area (Å²) < 4.78 is 13.1. The third-order valence-corrected chi connectivity index (χ3v) is 3.47. The van der Waals surface area contributed by atoms with Crippen molar-refractivity contribution in [2.24, 2.45) is 17.7 Å². The van der Waals surface area contributed by atoms with Gasteiger partial charge in [0.1, 0.15) is 5.82 Å². The van der Waals surface area contributed by atoms with Gasteiger partial charge in [-0.2, -0.15) is 0 Å². The number of hydrazine groups is 1. The molecule has 1 aromatic heterocycles. The van der Waals surface area contributed by atoms with Crippen molar-refractivity contribution in [3.05, 3.63) is 29.8 Å². The zero-order valence-corrected chi connectivity index (χ0v) is 9.49. The van der Waals surface area contributed by atoms with Crippen molar-refractivity contribution in [1.29, 1.82) is 0 Å². The van der Waals surface area contributed by atoms with Crippen LogP contribution in [0, 0.1) is 17.7 Å². The molecule has 1 aliphatic rings. The molecule has 0 amide bonds. The van der Waals surface area contributed by atoms with Crippen LogP contribution < -0.4 is 11.3 Å². The van der Waals surface area contributed by atoms with E-state index in [1.807, 2.05) is 0 Å². The number of nitrogens with one attached hydrogen (secondary N) is 1. The summed E-state index contributed by atoms with van der Waals surface area (Å²) in [6.45, 7) is 2.25. The second-order valence-corrected chi connectivity index (χ2v) is 4.76. The van der Waals surface area contributed by atoms with E-state index in [0.29, 0.717) is 5.92 Å². The Balaban J connectivity index is 2.16. The van der Waals surface area contributed by atoms with Gasteiger partial charge in [-0.1, -0.05) is 13.3 Å². The molecule has 1 saturated carbocycles. The molecule has 3 nitrogen and oxygen atoms in total. The summed E-state index contributed by atoms with van der Waals surface area (Å²) in [4.78, 5) is 3.87. The lowest BCUT2D eigenvalue weighted by molar-refractivity contribution is 0.362. The summed E-state index contributed by atoms with van der Waals surface area (Å²) in [5.41, 5.74) is 3.65. The number of nitrogens with two attached hydrogens (primary N) is 1. The van der Waals surface area contributed by atoms with Crippen molar-refractivity contribution in [1.82, 2.24) is 10.4 Å². The standard InChI is InChI=1S/C12H18FN3/c1-8-2-3-9(4-8)12(16-14)10-5-11(13)7-15-6-10/h5-9,12,16H,2-4,14H2,1H3. The Bertz CT molecular complexity index is 356. The Morgan fingerprint density at radius 2 is 2.31 bits per heavy atom. The highest BCUT2D eigenvalue weighted by atomic mass is 19.1. The van der Waals surface area contributed by atoms with Crippen molar-refractivity contribution in [3.8, 4) is 0 Å². The summed E-state index contributed by atoms with van der Waals surface area (Å²) in [5, 5.41) is 0. The van der Waals surface area contributed by atoms with Crippen LogP contribution in [0.3, 0.4) is 0 Å². The first kappa shape index (κ1) is 11.5. The van der Waals surface area contributed by atoms with Crippen molar-refractivity contribution < 1.29 is 4.39 Å². The zero-order chi connectivity index (χ0) is 11.5. The number of aromatic nitrogens is 1. The molecule has 16 heavy (non-hydrogen) atoms. The Labute approximate surface area is 95.2 Å². The van der Waals surface area contributed by atoms with E-state index in [1.54, 1.807) is 6.20 Å². The second kappa shape index (κ2) is 4.89. The van der Waals surface area contributed by atoms with Gasteiger partial charge in [0.2, 0.25) is 0 Å². The largest absolute Gasteiger partial charge is 0.271 e. The van der Waals surface area contributed by atoms with Crippen molar-refractivity contribution in [3.63, 3.8) is 0 Å². The molecule has 1 heterocycles. The average molecular weight is 223 g/mol. The predicted molar refractivity (Wildman–Crippen MR) is 60.8 cm³/mol. The molecule has 3 unspecified atom stereocenters. The van der Waals surface area contributed by atoms with E-state index >= 15 is 0 Å². The van der Waals surface area contributed by atoms with Crippen LogP contribution in [-0.4, -0.2) is 4.98 Å². The minimum Gasteiger partial charge on any atom is -0.271 e. The first-order valence-electron chi connectivity index (χ1n) is 5.77. The normalized spacial score (nSPS) is 26.9. The minimum atomic E-state index is -0.302. The van der Waals surface area contributed by atoms with Crippen LogP contribution in [0.25, 0.3) is 0 Å². The molecular formula is C12H18FN3. The SMILES string of the molecule is CC1CCC(C(NN)c2cncc(F)c2)C1. The summed E-state index contributed by atoms with van der Waals surface area (Å²) in [6.07, 6.45) is 6.43. The van der Waals surface area contributed by atoms with Crippen molar-refractivity contribution in [2.45, 2.75) is 32.2 Å². The van der Waals surface area contributed by atoms with Crippen LogP contribution in [0.2, 0.25) is 0 Å². The smallest absolute Gasteiger partial charge is 0.141 e. The Kier molecular flexibility index (Phi) is 3.51. The van der Waals surface area contributed by atoms with Gasteiger partial charge in [0, 0.05) is 6.20 Å². The quantitative estimate of drug-likeness (QED) is 0.610. The molecule has 88 valence electrons. The molecule has 3 N–H and O–H groups in total. The van der Waals surface area contributed by atoms with E-state index < -0.39 is 0 Å². The summed E-state index contributed by atoms with van der Waals surface area (Å²) in [6, 6.07) is 1.54. The molecule has 0 aliphatic heterocycles. The maximum absolute atomic E-state index is 13.1. The van der Waals surface area contributed by atoms with E-state index in [4.69, 9.17) is 5.84 Å². The number of nitrogens with zero attached hydrogens (tertiary/aromatic N) is 1. The van der Waals surface area contributed by atoms with Crippen LogP contribution in [0.1, 0.15) is 37.8 Å². The molecule has 1 fully saturated rings. The first-order valence-corrected chi connectivity index (χ1v) is 5.77. The first-order chi connectivity index (χ1) is 7.70. The number of hydrogen-bond donors (Lipinski definition) is 2. The van der Waals surface area contributed by atoms with Gasteiger partial charge in [0.15, 0.2) is 0 Å². The molecule has 0 bridgehead atoms. The van der Waals surface area contributed by atoms with Gasteiger partial charge in [-0.3, -0.25) is 16.3 Å². The molecule has 0 aromatic carbocycles. The molecule has 0 spiro atoms. The van der Waals surface area contributed by atoms with E-state index in [2.05, 4.69) is 17.3 Å². The van der Waals surface area contributed by atoms with Crippen LogP contribution in [0.4, 0.5) is 4.39 Å². The van der Waals surface area contributed by atoms with E-state index in [-0.39, 0.29) is 11.9 Å². The zero-order valence-electron chi connectivity index (χ0n) is 9.49. The topological polar surface area (TPSA) is 50.9 Å². The number of hydrogen-bond acceptors (Lipinski definition) is 3. The minimum absolute atomic E-state index is 0.0214. The van der Waals surface area contributed by atoms with Gasteiger partial charge in [0.25, 0.3) is 0 Å². The van der Waals surface area contributed by atoms with E-state index in [0.717, 1.165) is 24.3 Å². The van der Waals surface area contributed by atoms with Crippen molar-refractivity contribution >= 4 is 0 Å². The third-order valence-electron chi connectivity index (χ3n) is 3.47. The maximum atomic E-state index is 13.1.